The fourth-order valence-electron chi connectivity index (χ4n) is 1.73. The van der Waals surface area contributed by atoms with Crippen LogP contribution in [0.15, 0.2) is 0 Å². The molecular weight excluding hydrogens is 238 g/mol. The molecule has 0 heterocycles. The Balaban J connectivity index is 5.14. The zero-order valence-electron chi connectivity index (χ0n) is 11.2. The van der Waals surface area contributed by atoms with Crippen LogP contribution in [0.1, 0.15) is 34.1 Å². The lowest BCUT2D eigenvalue weighted by molar-refractivity contribution is -0.155. The Labute approximate surface area is 107 Å². The van der Waals surface area contributed by atoms with Gasteiger partial charge in [-0.1, -0.05) is 27.7 Å². The zero-order chi connectivity index (χ0) is 14.5. The summed E-state index contributed by atoms with van der Waals surface area (Å²) in [5, 5.41) is 18.0. The Bertz CT molecular complexity index is 326. The Kier molecular flexibility index (Phi) is 6.36. The van der Waals surface area contributed by atoms with Crippen LogP contribution >= 0.6 is 0 Å². The summed E-state index contributed by atoms with van der Waals surface area (Å²) >= 11 is 0. The fourth-order valence-corrected chi connectivity index (χ4v) is 1.73. The number of amides is 1. The summed E-state index contributed by atoms with van der Waals surface area (Å²) in [6, 6.07) is -0.987. The highest BCUT2D eigenvalue weighted by molar-refractivity contribution is 5.84. The van der Waals surface area contributed by atoms with Crippen molar-refractivity contribution in [2.24, 2.45) is 11.8 Å². The van der Waals surface area contributed by atoms with Crippen LogP contribution in [0, 0.1) is 11.8 Å². The maximum atomic E-state index is 11.8. The first-order valence-electron chi connectivity index (χ1n) is 5.97. The molecule has 2 atom stereocenters. The van der Waals surface area contributed by atoms with E-state index in [0.29, 0.717) is 0 Å². The SMILES string of the molecule is CCC(=O)N(CC(C)C(=O)O)C(C(=O)O)C(C)C. The second-order valence-corrected chi connectivity index (χ2v) is 4.67. The zero-order valence-corrected chi connectivity index (χ0v) is 11.2. The summed E-state index contributed by atoms with van der Waals surface area (Å²) < 4.78 is 0. The van der Waals surface area contributed by atoms with E-state index in [1.165, 1.54) is 6.92 Å². The summed E-state index contributed by atoms with van der Waals surface area (Å²) in [5.74, 6) is -3.56. The standard InChI is InChI=1S/C12H21NO5/c1-5-9(14)13(6-8(4)11(15)16)10(7(2)3)12(17)18/h7-8,10H,5-6H2,1-4H3,(H,15,16)(H,17,18). The molecule has 0 aromatic rings. The van der Waals surface area contributed by atoms with Crippen LogP contribution < -0.4 is 0 Å². The van der Waals surface area contributed by atoms with E-state index in [1.54, 1.807) is 20.8 Å². The molecule has 18 heavy (non-hydrogen) atoms. The minimum atomic E-state index is -1.11. The molecule has 0 aliphatic carbocycles. The molecule has 0 aromatic carbocycles. The van der Waals surface area contributed by atoms with Crippen LogP contribution in [0.2, 0.25) is 0 Å². The highest BCUT2D eigenvalue weighted by atomic mass is 16.4. The second-order valence-electron chi connectivity index (χ2n) is 4.67. The quantitative estimate of drug-likeness (QED) is 0.712. The van der Waals surface area contributed by atoms with Gasteiger partial charge in [0.15, 0.2) is 0 Å². The van der Waals surface area contributed by atoms with Gasteiger partial charge < -0.3 is 15.1 Å². The molecular formula is C12H21NO5. The molecule has 2 unspecified atom stereocenters. The Morgan fingerprint density at radius 3 is 1.83 bits per heavy atom. The highest BCUT2D eigenvalue weighted by Crippen LogP contribution is 2.15. The van der Waals surface area contributed by atoms with Crippen molar-refractivity contribution < 1.29 is 24.6 Å². The van der Waals surface area contributed by atoms with Crippen molar-refractivity contribution >= 4 is 17.8 Å². The molecule has 0 saturated carbocycles. The van der Waals surface area contributed by atoms with Gasteiger partial charge in [0.1, 0.15) is 6.04 Å². The van der Waals surface area contributed by atoms with Crippen molar-refractivity contribution in [3.8, 4) is 0 Å². The van der Waals surface area contributed by atoms with Crippen molar-refractivity contribution in [1.82, 2.24) is 4.90 Å². The monoisotopic (exact) mass is 259 g/mol. The second kappa shape index (κ2) is 6.98. The van der Waals surface area contributed by atoms with E-state index in [-0.39, 0.29) is 24.8 Å². The predicted molar refractivity (Wildman–Crippen MR) is 65.1 cm³/mol. The molecule has 6 nitrogen and oxygen atoms in total. The number of carboxylic acids is 2. The molecule has 0 radical (unpaired) electrons. The fraction of sp³-hybridized carbons (Fsp3) is 0.750. The Hall–Kier alpha value is -1.59. The van der Waals surface area contributed by atoms with Crippen molar-refractivity contribution in [2.45, 2.75) is 40.2 Å². The van der Waals surface area contributed by atoms with Gasteiger partial charge in [-0.25, -0.2) is 4.79 Å². The average Bonchev–Trinajstić information content (AvgIpc) is 2.25. The number of rotatable bonds is 7. The van der Waals surface area contributed by atoms with E-state index < -0.39 is 23.9 Å². The Morgan fingerprint density at radius 1 is 1.06 bits per heavy atom. The third-order valence-corrected chi connectivity index (χ3v) is 2.74. The normalized spacial score (nSPS) is 14.1. The molecule has 0 rings (SSSR count). The van der Waals surface area contributed by atoms with Gasteiger partial charge in [0, 0.05) is 13.0 Å². The maximum absolute atomic E-state index is 11.8. The molecule has 104 valence electrons. The molecule has 1 amide bonds. The van der Waals surface area contributed by atoms with Crippen molar-refractivity contribution in [1.29, 1.82) is 0 Å². The van der Waals surface area contributed by atoms with Gasteiger partial charge >= 0.3 is 11.9 Å². The topological polar surface area (TPSA) is 94.9 Å². The van der Waals surface area contributed by atoms with E-state index in [2.05, 4.69) is 0 Å². The average molecular weight is 259 g/mol. The van der Waals surface area contributed by atoms with E-state index in [9.17, 15) is 14.4 Å². The third-order valence-electron chi connectivity index (χ3n) is 2.74. The number of hydrogen-bond donors (Lipinski definition) is 2. The largest absolute Gasteiger partial charge is 0.481 e. The number of carbonyl (C=O) groups is 3. The summed E-state index contributed by atoms with van der Waals surface area (Å²) in [5.41, 5.74) is 0. The first-order chi connectivity index (χ1) is 8.22. The number of aliphatic carboxylic acids is 2. The lowest BCUT2D eigenvalue weighted by atomic mass is 10.0. The molecule has 0 fully saturated rings. The number of nitrogens with zero attached hydrogens (tertiary/aromatic N) is 1. The van der Waals surface area contributed by atoms with Gasteiger partial charge in [-0.05, 0) is 5.92 Å². The molecule has 0 aliphatic rings. The summed E-state index contributed by atoms with van der Waals surface area (Å²) in [7, 11) is 0. The van der Waals surface area contributed by atoms with E-state index >= 15 is 0 Å². The minimum Gasteiger partial charge on any atom is -0.481 e. The molecule has 0 saturated heterocycles. The number of hydrogen-bond acceptors (Lipinski definition) is 3. The lowest BCUT2D eigenvalue weighted by Gasteiger charge is -2.32. The molecule has 0 aromatic heterocycles. The van der Waals surface area contributed by atoms with E-state index in [4.69, 9.17) is 10.2 Å². The number of carbonyl (C=O) groups excluding carboxylic acids is 1. The van der Waals surface area contributed by atoms with Crippen LogP contribution in [0.5, 0.6) is 0 Å². The Morgan fingerprint density at radius 2 is 1.56 bits per heavy atom. The van der Waals surface area contributed by atoms with Gasteiger partial charge in [-0.3, -0.25) is 9.59 Å². The number of carboxylic acid groups (broad SMARTS) is 2. The van der Waals surface area contributed by atoms with Crippen LogP contribution in [-0.4, -0.2) is 45.5 Å². The minimum absolute atomic E-state index is 0.0862. The smallest absolute Gasteiger partial charge is 0.326 e. The molecule has 0 bridgehead atoms. The van der Waals surface area contributed by atoms with Crippen molar-refractivity contribution in [3.05, 3.63) is 0 Å². The van der Waals surface area contributed by atoms with Crippen molar-refractivity contribution in [2.75, 3.05) is 6.54 Å². The van der Waals surface area contributed by atoms with Crippen LogP contribution in [0.3, 0.4) is 0 Å². The summed E-state index contributed by atoms with van der Waals surface area (Å²) in [4.78, 5) is 35.0. The van der Waals surface area contributed by atoms with Crippen LogP contribution in [-0.2, 0) is 14.4 Å². The van der Waals surface area contributed by atoms with Gasteiger partial charge in [0.25, 0.3) is 0 Å². The van der Waals surface area contributed by atoms with Gasteiger partial charge in [-0.2, -0.15) is 0 Å². The van der Waals surface area contributed by atoms with Gasteiger partial charge in [0.05, 0.1) is 5.92 Å². The maximum Gasteiger partial charge on any atom is 0.326 e. The van der Waals surface area contributed by atoms with Crippen molar-refractivity contribution in [3.63, 3.8) is 0 Å². The summed E-state index contributed by atoms with van der Waals surface area (Å²) in [6.07, 6.45) is 0.156. The van der Waals surface area contributed by atoms with Crippen LogP contribution in [0.25, 0.3) is 0 Å². The van der Waals surface area contributed by atoms with Gasteiger partial charge in [0.2, 0.25) is 5.91 Å². The summed E-state index contributed by atoms with van der Waals surface area (Å²) in [6.45, 7) is 6.38. The lowest BCUT2D eigenvalue weighted by Crippen LogP contribution is -2.50. The predicted octanol–water partition coefficient (Wildman–Crippen LogP) is 1.05. The first-order valence-corrected chi connectivity index (χ1v) is 5.97. The molecule has 0 spiro atoms. The molecule has 0 aliphatic heterocycles. The van der Waals surface area contributed by atoms with E-state index in [0.717, 1.165) is 4.90 Å². The van der Waals surface area contributed by atoms with Crippen LogP contribution in [0.4, 0.5) is 0 Å². The third kappa shape index (κ3) is 4.35. The van der Waals surface area contributed by atoms with Gasteiger partial charge in [-0.15, -0.1) is 0 Å². The highest BCUT2D eigenvalue weighted by Gasteiger charge is 2.33. The molecule has 6 heteroatoms. The first kappa shape index (κ1) is 16.4. The van der Waals surface area contributed by atoms with E-state index in [1.807, 2.05) is 0 Å². The molecule has 2 N–H and O–H groups in total.